The fourth-order valence-electron chi connectivity index (χ4n) is 4.99. The van der Waals surface area contributed by atoms with Crippen molar-refractivity contribution in [2.45, 2.75) is 51.1 Å². The largest absolute Gasteiger partial charge is 0.335 e. The number of likely N-dealkylation sites (tertiary alicyclic amines) is 1. The fraction of sp³-hybridized carbons (Fsp3) is 0.440. The third kappa shape index (κ3) is 5.42. The third-order valence-corrected chi connectivity index (χ3v) is 7.72. The second-order valence-electron chi connectivity index (χ2n) is 8.87. The molecule has 0 bridgehead atoms. The number of benzene rings is 2. The van der Waals surface area contributed by atoms with Crippen molar-refractivity contribution < 1.29 is 9.59 Å². The molecule has 1 aliphatic heterocycles. The topological polar surface area (TPSA) is 52.7 Å². The maximum Gasteiger partial charge on any atom is 0.321 e. The second-order valence-corrected chi connectivity index (χ2v) is 10.1. The van der Waals surface area contributed by atoms with E-state index >= 15 is 0 Å². The predicted octanol–water partition coefficient (Wildman–Crippen LogP) is 6.79. The van der Waals surface area contributed by atoms with Crippen LogP contribution in [0.4, 0.5) is 10.5 Å². The smallest absolute Gasteiger partial charge is 0.321 e. The summed E-state index contributed by atoms with van der Waals surface area (Å²) in [6, 6.07) is 10.3. The van der Waals surface area contributed by atoms with E-state index in [9.17, 15) is 9.59 Å². The summed E-state index contributed by atoms with van der Waals surface area (Å²) in [5.74, 6) is 0.603. The first kappa shape index (κ1) is 24.2. The molecule has 5 nitrogen and oxygen atoms in total. The van der Waals surface area contributed by atoms with Crippen LogP contribution in [0.15, 0.2) is 36.4 Å². The Kier molecular flexibility index (Phi) is 7.72. The summed E-state index contributed by atoms with van der Waals surface area (Å²) in [6.45, 7) is 1.05. The first-order valence-electron chi connectivity index (χ1n) is 11.4. The molecule has 8 heteroatoms. The van der Waals surface area contributed by atoms with Crippen LogP contribution in [0.3, 0.4) is 0 Å². The van der Waals surface area contributed by atoms with Gasteiger partial charge in [0.1, 0.15) is 0 Å². The van der Waals surface area contributed by atoms with Gasteiger partial charge in [-0.2, -0.15) is 0 Å². The van der Waals surface area contributed by atoms with Crippen LogP contribution in [-0.2, 0) is 6.54 Å². The first-order chi connectivity index (χ1) is 15.8. The van der Waals surface area contributed by atoms with Gasteiger partial charge in [-0.1, -0.05) is 53.7 Å². The summed E-state index contributed by atoms with van der Waals surface area (Å²) in [5, 5.41) is 4.23. The molecular formula is C25H28Cl3N3O2. The molecule has 2 aromatic rings. The van der Waals surface area contributed by atoms with Crippen LogP contribution in [0.5, 0.6) is 0 Å². The Morgan fingerprint density at radius 2 is 1.76 bits per heavy atom. The standard InChI is InChI=1S/C25H28Cl3N3O2/c1-30(25(33)29-15-17-8-9-18(26)13-21(17)27)19-10-11-20(22(28)14-19)24(32)31-12-4-6-16-5-2-3-7-23(16)31/h8-11,13-14,16,23H,2-7,12,15H2,1H3,(H,29,33)/t16-,23?/m0/s1. The number of amides is 3. The number of carbonyl (C=O) groups is 2. The SMILES string of the molecule is CN(C(=O)NCc1ccc(Cl)cc1Cl)c1ccc(C(=O)N2CCC[C@@H]3CCCCC32)c(Cl)c1. The van der Waals surface area contributed by atoms with Gasteiger partial charge >= 0.3 is 6.03 Å². The predicted molar refractivity (Wildman–Crippen MR) is 135 cm³/mol. The Bertz CT molecular complexity index is 1040. The summed E-state index contributed by atoms with van der Waals surface area (Å²) >= 11 is 18.6. The van der Waals surface area contributed by atoms with Crippen molar-refractivity contribution in [3.63, 3.8) is 0 Å². The van der Waals surface area contributed by atoms with E-state index in [0.29, 0.717) is 38.3 Å². The van der Waals surface area contributed by atoms with E-state index in [-0.39, 0.29) is 18.5 Å². The zero-order valence-corrected chi connectivity index (χ0v) is 20.9. The van der Waals surface area contributed by atoms with E-state index in [0.717, 1.165) is 24.9 Å². The average Bonchev–Trinajstić information content (AvgIpc) is 2.82. The van der Waals surface area contributed by atoms with Gasteiger partial charge in [0, 0.05) is 41.9 Å². The van der Waals surface area contributed by atoms with Gasteiger partial charge in [0.15, 0.2) is 0 Å². The van der Waals surface area contributed by atoms with Gasteiger partial charge in [-0.05, 0) is 67.5 Å². The number of fused-ring (bicyclic) bond motifs is 1. The molecular weight excluding hydrogens is 481 g/mol. The Hall–Kier alpha value is -1.95. The third-order valence-electron chi connectivity index (χ3n) is 6.82. The lowest BCUT2D eigenvalue weighted by Gasteiger charge is -2.44. The van der Waals surface area contributed by atoms with E-state index in [1.807, 2.05) is 4.90 Å². The number of halogens is 3. The van der Waals surface area contributed by atoms with E-state index in [4.69, 9.17) is 34.8 Å². The van der Waals surface area contributed by atoms with Gasteiger partial charge < -0.3 is 10.2 Å². The molecule has 1 unspecified atom stereocenters. The maximum atomic E-state index is 13.3. The average molecular weight is 509 g/mol. The molecule has 1 aliphatic carbocycles. The minimum absolute atomic E-state index is 0.00682. The molecule has 33 heavy (non-hydrogen) atoms. The first-order valence-corrected chi connectivity index (χ1v) is 12.5. The number of carbonyl (C=O) groups excluding carboxylic acids is 2. The van der Waals surface area contributed by atoms with Gasteiger partial charge in [-0.3, -0.25) is 9.69 Å². The minimum atomic E-state index is -0.308. The number of piperidine rings is 1. The fourth-order valence-corrected chi connectivity index (χ4v) is 5.72. The summed E-state index contributed by atoms with van der Waals surface area (Å²) in [5.41, 5.74) is 1.86. The molecule has 1 saturated heterocycles. The number of urea groups is 1. The van der Waals surface area contributed by atoms with Crippen LogP contribution in [0.25, 0.3) is 0 Å². The maximum absolute atomic E-state index is 13.3. The highest BCUT2D eigenvalue weighted by Gasteiger charge is 2.36. The molecule has 2 fully saturated rings. The van der Waals surface area contributed by atoms with Gasteiger partial charge in [0.05, 0.1) is 10.6 Å². The molecule has 1 heterocycles. The van der Waals surface area contributed by atoms with Crippen molar-refractivity contribution in [2.24, 2.45) is 5.92 Å². The van der Waals surface area contributed by atoms with Gasteiger partial charge in [-0.25, -0.2) is 4.79 Å². The number of rotatable bonds is 4. The van der Waals surface area contributed by atoms with Crippen molar-refractivity contribution in [1.82, 2.24) is 10.2 Å². The zero-order valence-electron chi connectivity index (χ0n) is 18.6. The molecule has 3 amide bonds. The number of nitrogens with zero attached hydrogens (tertiary/aromatic N) is 2. The zero-order chi connectivity index (χ0) is 23.5. The second kappa shape index (κ2) is 10.5. The molecule has 2 aliphatic rings. The Morgan fingerprint density at radius 1 is 1.00 bits per heavy atom. The number of anilines is 1. The molecule has 1 saturated carbocycles. The van der Waals surface area contributed by atoms with Crippen molar-refractivity contribution >= 4 is 52.4 Å². The molecule has 2 aromatic carbocycles. The normalized spacial score (nSPS) is 20.2. The quantitative estimate of drug-likeness (QED) is 0.494. The van der Waals surface area contributed by atoms with Crippen LogP contribution in [0.2, 0.25) is 15.1 Å². The van der Waals surface area contributed by atoms with Crippen LogP contribution in [0.1, 0.15) is 54.4 Å². The number of hydrogen-bond donors (Lipinski definition) is 1. The lowest BCUT2D eigenvalue weighted by Crippen LogP contribution is -2.49. The van der Waals surface area contributed by atoms with E-state index in [2.05, 4.69) is 5.32 Å². The van der Waals surface area contributed by atoms with Crippen molar-refractivity contribution in [3.05, 3.63) is 62.6 Å². The van der Waals surface area contributed by atoms with E-state index < -0.39 is 0 Å². The number of nitrogens with one attached hydrogen (secondary N) is 1. The van der Waals surface area contributed by atoms with Gasteiger partial charge in [-0.15, -0.1) is 0 Å². The lowest BCUT2D eigenvalue weighted by atomic mass is 9.78. The lowest BCUT2D eigenvalue weighted by molar-refractivity contribution is 0.0391. The molecule has 4 rings (SSSR count). The monoisotopic (exact) mass is 507 g/mol. The van der Waals surface area contributed by atoms with Crippen LogP contribution in [-0.4, -0.2) is 36.5 Å². The van der Waals surface area contributed by atoms with Gasteiger partial charge in [0.25, 0.3) is 5.91 Å². The van der Waals surface area contributed by atoms with Crippen LogP contribution < -0.4 is 10.2 Å². The molecule has 1 N–H and O–H groups in total. The van der Waals surface area contributed by atoms with Crippen LogP contribution in [0, 0.1) is 5.92 Å². The summed E-state index contributed by atoms with van der Waals surface area (Å²) < 4.78 is 0. The molecule has 2 atom stereocenters. The van der Waals surface area contributed by atoms with Crippen molar-refractivity contribution in [1.29, 1.82) is 0 Å². The van der Waals surface area contributed by atoms with Crippen molar-refractivity contribution in [3.8, 4) is 0 Å². The minimum Gasteiger partial charge on any atom is -0.335 e. The number of hydrogen-bond acceptors (Lipinski definition) is 2. The Morgan fingerprint density at radius 3 is 2.52 bits per heavy atom. The highest BCUT2D eigenvalue weighted by Crippen LogP contribution is 2.37. The highest BCUT2D eigenvalue weighted by atomic mass is 35.5. The molecule has 0 aromatic heterocycles. The van der Waals surface area contributed by atoms with Gasteiger partial charge in [0.2, 0.25) is 0 Å². The Balaban J connectivity index is 1.43. The van der Waals surface area contributed by atoms with Crippen molar-refractivity contribution in [2.75, 3.05) is 18.5 Å². The van der Waals surface area contributed by atoms with Crippen LogP contribution >= 0.6 is 34.8 Å². The van der Waals surface area contributed by atoms with E-state index in [1.165, 1.54) is 30.6 Å². The molecule has 176 valence electrons. The highest BCUT2D eigenvalue weighted by molar-refractivity contribution is 6.35. The van der Waals surface area contributed by atoms with E-state index in [1.54, 1.807) is 43.4 Å². The molecule has 0 spiro atoms. The summed E-state index contributed by atoms with van der Waals surface area (Å²) in [6.07, 6.45) is 6.98. The summed E-state index contributed by atoms with van der Waals surface area (Å²) in [4.78, 5) is 29.5. The summed E-state index contributed by atoms with van der Waals surface area (Å²) in [7, 11) is 1.66. The Labute approximate surface area is 210 Å². The molecule has 0 radical (unpaired) electrons.